The molecule has 1 amide bonds. The summed E-state index contributed by atoms with van der Waals surface area (Å²) in [5, 5.41) is 17.6. The molecular weight excluding hydrogens is 288 g/mol. The van der Waals surface area contributed by atoms with Crippen molar-refractivity contribution in [1.29, 1.82) is 5.26 Å². The van der Waals surface area contributed by atoms with Crippen LogP contribution in [0.4, 0.5) is 5.69 Å². The van der Waals surface area contributed by atoms with Crippen molar-refractivity contribution in [2.45, 2.75) is 6.42 Å². The number of hydrogen-bond donors (Lipinski definition) is 1. The molecule has 0 aliphatic heterocycles. The Morgan fingerprint density at radius 3 is 2.38 bits per heavy atom. The van der Waals surface area contributed by atoms with E-state index in [9.17, 15) is 9.59 Å². The van der Waals surface area contributed by atoms with Crippen molar-refractivity contribution in [1.82, 2.24) is 0 Å². The number of rotatable bonds is 5. The number of carbonyl (C=O) groups excluding carboxylic acids is 1. The van der Waals surface area contributed by atoms with Gasteiger partial charge >= 0.3 is 5.97 Å². The number of nitriles is 1. The number of carboxylic acid groups (broad SMARTS) is 1. The van der Waals surface area contributed by atoms with Crippen molar-refractivity contribution >= 4 is 28.9 Å². The zero-order valence-electron chi connectivity index (χ0n) is 11.0. The minimum Gasteiger partial charge on any atom is -0.477 e. The maximum absolute atomic E-state index is 12.5. The van der Waals surface area contributed by atoms with Gasteiger partial charge in [-0.1, -0.05) is 18.2 Å². The molecule has 0 atom stereocenters. The molecule has 0 bridgehead atoms. The molecule has 1 aromatic heterocycles. The van der Waals surface area contributed by atoms with E-state index in [-0.39, 0.29) is 23.7 Å². The Morgan fingerprint density at radius 2 is 1.81 bits per heavy atom. The third kappa shape index (κ3) is 3.46. The predicted octanol–water partition coefficient (Wildman–Crippen LogP) is 3.01. The molecule has 0 spiro atoms. The minimum absolute atomic E-state index is 0.117. The molecular formula is C15H12N2O3S. The molecule has 0 saturated heterocycles. The van der Waals surface area contributed by atoms with Crippen LogP contribution in [0.1, 0.15) is 25.8 Å². The molecule has 1 aromatic carbocycles. The Balaban J connectivity index is 2.29. The molecule has 6 heteroatoms. The molecule has 0 radical (unpaired) electrons. The van der Waals surface area contributed by atoms with Crippen molar-refractivity contribution in [3.8, 4) is 6.07 Å². The van der Waals surface area contributed by atoms with Gasteiger partial charge < -0.3 is 10.0 Å². The van der Waals surface area contributed by atoms with E-state index in [4.69, 9.17) is 10.4 Å². The average molecular weight is 300 g/mol. The van der Waals surface area contributed by atoms with Gasteiger partial charge in [0.15, 0.2) is 0 Å². The second kappa shape index (κ2) is 6.68. The van der Waals surface area contributed by atoms with Gasteiger partial charge in [-0.05, 0) is 24.3 Å². The van der Waals surface area contributed by atoms with Crippen molar-refractivity contribution in [2.75, 3.05) is 11.4 Å². The Hall–Kier alpha value is -2.65. The van der Waals surface area contributed by atoms with E-state index >= 15 is 0 Å². The molecule has 1 heterocycles. The number of para-hydroxylation sites is 1. The van der Waals surface area contributed by atoms with E-state index in [0.29, 0.717) is 10.6 Å². The van der Waals surface area contributed by atoms with E-state index in [1.54, 1.807) is 24.3 Å². The summed E-state index contributed by atoms with van der Waals surface area (Å²) >= 11 is 0.932. The number of aromatic carboxylic acids is 1. The standard InChI is InChI=1S/C15H12N2O3S/c16-9-4-10-17(11-5-2-1-3-6-11)14(18)12-7-8-13(21-12)15(19)20/h1-3,5-8H,4,10H2,(H,19,20). The molecule has 0 saturated carbocycles. The predicted molar refractivity (Wildman–Crippen MR) is 79.6 cm³/mol. The smallest absolute Gasteiger partial charge is 0.345 e. The number of hydrogen-bond acceptors (Lipinski definition) is 4. The molecule has 106 valence electrons. The van der Waals surface area contributed by atoms with Crippen LogP contribution in [0.2, 0.25) is 0 Å². The van der Waals surface area contributed by atoms with Crippen LogP contribution in [0.25, 0.3) is 0 Å². The van der Waals surface area contributed by atoms with Gasteiger partial charge in [0.25, 0.3) is 5.91 Å². The van der Waals surface area contributed by atoms with Gasteiger partial charge in [-0.15, -0.1) is 11.3 Å². The Labute approximate surface area is 125 Å². The Morgan fingerprint density at radius 1 is 1.14 bits per heavy atom. The fourth-order valence-corrected chi connectivity index (χ4v) is 2.61. The number of carboxylic acids is 1. The fourth-order valence-electron chi connectivity index (χ4n) is 1.82. The maximum Gasteiger partial charge on any atom is 0.345 e. The molecule has 2 aromatic rings. The monoisotopic (exact) mass is 300 g/mol. The molecule has 1 N–H and O–H groups in total. The zero-order chi connectivity index (χ0) is 15.2. The van der Waals surface area contributed by atoms with Crippen LogP contribution in [0.5, 0.6) is 0 Å². The van der Waals surface area contributed by atoms with Crippen LogP contribution in [-0.4, -0.2) is 23.5 Å². The second-order valence-corrected chi connectivity index (χ2v) is 5.25. The highest BCUT2D eigenvalue weighted by atomic mass is 32.1. The van der Waals surface area contributed by atoms with Crippen molar-refractivity contribution in [2.24, 2.45) is 0 Å². The minimum atomic E-state index is -1.05. The molecule has 0 fully saturated rings. The topological polar surface area (TPSA) is 81.4 Å². The first-order valence-electron chi connectivity index (χ1n) is 6.20. The lowest BCUT2D eigenvalue weighted by Crippen LogP contribution is -2.31. The van der Waals surface area contributed by atoms with Crippen molar-refractivity contribution in [3.63, 3.8) is 0 Å². The highest BCUT2D eigenvalue weighted by Crippen LogP contribution is 2.22. The van der Waals surface area contributed by atoms with Crippen LogP contribution in [0.3, 0.4) is 0 Å². The SMILES string of the molecule is N#CCCN(C(=O)c1ccc(C(=O)O)s1)c1ccccc1. The first kappa shape index (κ1) is 14.8. The number of amides is 1. The highest BCUT2D eigenvalue weighted by molar-refractivity contribution is 7.16. The summed E-state index contributed by atoms with van der Waals surface area (Å²) in [6, 6.07) is 13.9. The van der Waals surface area contributed by atoms with Gasteiger partial charge in [0.05, 0.1) is 17.4 Å². The molecule has 0 aliphatic carbocycles. The first-order valence-corrected chi connectivity index (χ1v) is 7.02. The lowest BCUT2D eigenvalue weighted by atomic mass is 10.2. The van der Waals surface area contributed by atoms with E-state index in [0.717, 1.165) is 11.3 Å². The van der Waals surface area contributed by atoms with E-state index < -0.39 is 5.97 Å². The van der Waals surface area contributed by atoms with Crippen molar-refractivity contribution < 1.29 is 14.7 Å². The van der Waals surface area contributed by atoms with Gasteiger partial charge in [-0.25, -0.2) is 4.79 Å². The van der Waals surface area contributed by atoms with Gasteiger partial charge in [-0.3, -0.25) is 4.79 Å². The van der Waals surface area contributed by atoms with Crippen LogP contribution in [0.15, 0.2) is 42.5 Å². The molecule has 0 aliphatic rings. The van der Waals surface area contributed by atoms with Gasteiger partial charge in [0, 0.05) is 12.2 Å². The summed E-state index contributed by atoms with van der Waals surface area (Å²) in [5.41, 5.74) is 0.683. The normalized spacial score (nSPS) is 9.86. The molecule has 21 heavy (non-hydrogen) atoms. The second-order valence-electron chi connectivity index (χ2n) is 4.17. The third-order valence-corrected chi connectivity index (χ3v) is 3.85. The maximum atomic E-state index is 12.5. The summed E-state index contributed by atoms with van der Waals surface area (Å²) in [7, 11) is 0. The number of nitrogens with zero attached hydrogens (tertiary/aromatic N) is 2. The summed E-state index contributed by atoms with van der Waals surface area (Å²) in [5.74, 6) is -1.35. The number of benzene rings is 1. The average Bonchev–Trinajstić information content (AvgIpc) is 2.98. The van der Waals surface area contributed by atoms with Crippen molar-refractivity contribution in [3.05, 3.63) is 52.2 Å². The Bertz CT molecular complexity index is 688. The lowest BCUT2D eigenvalue weighted by molar-refractivity contribution is 0.0702. The van der Waals surface area contributed by atoms with E-state index in [1.165, 1.54) is 17.0 Å². The molecule has 0 unspecified atom stereocenters. The summed E-state index contributed by atoms with van der Waals surface area (Å²) in [4.78, 5) is 25.4. The molecule has 5 nitrogen and oxygen atoms in total. The number of carbonyl (C=O) groups is 2. The molecule has 2 rings (SSSR count). The fraction of sp³-hybridized carbons (Fsp3) is 0.133. The van der Waals surface area contributed by atoms with Crippen LogP contribution in [0, 0.1) is 11.3 Å². The van der Waals surface area contributed by atoms with E-state index in [2.05, 4.69) is 0 Å². The summed E-state index contributed by atoms with van der Waals surface area (Å²) in [6.45, 7) is 0.264. The number of anilines is 1. The number of thiophene rings is 1. The quantitative estimate of drug-likeness (QED) is 0.920. The van der Waals surface area contributed by atoms with Crippen LogP contribution in [-0.2, 0) is 0 Å². The van der Waals surface area contributed by atoms with Gasteiger partial charge in [-0.2, -0.15) is 5.26 Å². The summed E-state index contributed by atoms with van der Waals surface area (Å²) < 4.78 is 0. The third-order valence-electron chi connectivity index (χ3n) is 2.79. The van der Waals surface area contributed by atoms with Crippen LogP contribution < -0.4 is 4.90 Å². The summed E-state index contributed by atoms with van der Waals surface area (Å²) in [6.07, 6.45) is 0.206. The largest absolute Gasteiger partial charge is 0.477 e. The van der Waals surface area contributed by atoms with Crippen LogP contribution >= 0.6 is 11.3 Å². The Kier molecular flexibility index (Phi) is 4.69. The lowest BCUT2D eigenvalue weighted by Gasteiger charge is -2.20. The first-order chi connectivity index (χ1) is 10.1. The van der Waals surface area contributed by atoms with Gasteiger partial charge in [0.2, 0.25) is 0 Å². The van der Waals surface area contributed by atoms with E-state index in [1.807, 2.05) is 12.1 Å². The zero-order valence-corrected chi connectivity index (χ0v) is 11.8. The van der Waals surface area contributed by atoms with Gasteiger partial charge in [0.1, 0.15) is 4.88 Å². The highest BCUT2D eigenvalue weighted by Gasteiger charge is 2.20.